The van der Waals surface area contributed by atoms with Gasteiger partial charge < -0.3 is 10.1 Å². The largest absolute Gasteiger partial charge is 0.444 e. The Morgan fingerprint density at radius 1 is 1.04 bits per heavy atom. The smallest absolute Gasteiger partial charge is 0.408 e. The quantitative estimate of drug-likeness (QED) is 0.857. The van der Waals surface area contributed by atoms with E-state index in [1.807, 2.05) is 0 Å². The van der Waals surface area contributed by atoms with Gasteiger partial charge in [-0.2, -0.15) is 0 Å². The summed E-state index contributed by atoms with van der Waals surface area (Å²) in [4.78, 5) is 32.2. The average molecular weight is 349 g/mol. The topological polar surface area (TPSA) is 81.2 Å². The highest BCUT2D eigenvalue weighted by molar-refractivity contribution is 6.00. The van der Waals surface area contributed by atoms with Crippen molar-refractivity contribution in [3.8, 4) is 0 Å². The number of amides is 1. The predicted octanol–water partition coefficient (Wildman–Crippen LogP) is 3.20. The number of halogens is 2. The van der Waals surface area contributed by atoms with Crippen LogP contribution in [-0.2, 0) is 4.74 Å². The summed E-state index contributed by atoms with van der Waals surface area (Å²) in [5, 5.41) is 2.39. The van der Waals surface area contributed by atoms with Crippen molar-refractivity contribution in [2.24, 2.45) is 0 Å². The van der Waals surface area contributed by atoms with E-state index in [0.29, 0.717) is 0 Å². The molecule has 0 radical (unpaired) electrons. The average Bonchev–Trinajstić information content (AvgIpc) is 2.52. The second-order valence-electron chi connectivity index (χ2n) is 6.21. The number of rotatable bonds is 4. The first-order valence-corrected chi connectivity index (χ1v) is 7.42. The number of Topliss-reactive ketones (excluding diaryl/α,β-unsaturated/α-hetero) is 1. The molecule has 1 atom stereocenters. The van der Waals surface area contributed by atoms with Gasteiger partial charge >= 0.3 is 6.09 Å². The van der Waals surface area contributed by atoms with E-state index in [4.69, 9.17) is 4.74 Å². The summed E-state index contributed by atoms with van der Waals surface area (Å²) >= 11 is 0. The Hall–Kier alpha value is -2.90. The molecule has 6 nitrogen and oxygen atoms in total. The Bertz CT molecular complexity index is 756. The van der Waals surface area contributed by atoms with E-state index >= 15 is 0 Å². The molecule has 8 heteroatoms. The molecule has 0 fully saturated rings. The third-order valence-electron chi connectivity index (χ3n) is 2.95. The van der Waals surface area contributed by atoms with Crippen molar-refractivity contribution in [3.05, 3.63) is 59.7 Å². The fourth-order valence-corrected chi connectivity index (χ4v) is 1.93. The summed E-state index contributed by atoms with van der Waals surface area (Å²) in [6.45, 7) is 5.00. The van der Waals surface area contributed by atoms with Crippen LogP contribution in [-0.4, -0.2) is 27.4 Å². The Labute approximate surface area is 143 Å². The molecule has 0 aliphatic rings. The van der Waals surface area contributed by atoms with Gasteiger partial charge in [-0.05, 0) is 45.0 Å². The molecule has 1 amide bonds. The van der Waals surface area contributed by atoms with Crippen molar-refractivity contribution in [2.75, 3.05) is 0 Å². The van der Waals surface area contributed by atoms with Crippen LogP contribution in [0.1, 0.15) is 43.0 Å². The van der Waals surface area contributed by atoms with Gasteiger partial charge in [0.15, 0.2) is 0 Å². The molecule has 0 bridgehead atoms. The third kappa shape index (κ3) is 5.30. The molecule has 2 heterocycles. The molecular formula is C17H17F2N3O3. The van der Waals surface area contributed by atoms with Crippen molar-refractivity contribution in [2.45, 2.75) is 32.4 Å². The summed E-state index contributed by atoms with van der Waals surface area (Å²) in [6.07, 6.45) is 0.958. The van der Waals surface area contributed by atoms with Gasteiger partial charge in [-0.3, -0.25) is 9.78 Å². The summed E-state index contributed by atoms with van der Waals surface area (Å²) in [5.74, 6) is -1.83. The molecule has 2 aromatic heterocycles. The highest BCUT2D eigenvalue weighted by Crippen LogP contribution is 2.18. The number of ether oxygens (including phenoxy) is 1. The number of carbonyl (C=O) groups excluding carboxylic acids is 2. The van der Waals surface area contributed by atoms with E-state index in [0.717, 1.165) is 24.5 Å². The molecule has 0 saturated heterocycles. The van der Waals surface area contributed by atoms with Gasteiger partial charge in [0.05, 0.1) is 18.1 Å². The van der Waals surface area contributed by atoms with Crippen LogP contribution in [0.3, 0.4) is 0 Å². The zero-order valence-corrected chi connectivity index (χ0v) is 13.9. The van der Waals surface area contributed by atoms with E-state index < -0.39 is 35.2 Å². The fourth-order valence-electron chi connectivity index (χ4n) is 1.93. The lowest BCUT2D eigenvalue weighted by Crippen LogP contribution is -2.38. The van der Waals surface area contributed by atoms with Gasteiger partial charge in [0, 0.05) is 0 Å². The SMILES string of the molecule is CC(C)(C)OC(=O)NC(C(=O)c1ccc(F)cn1)c1ccc(F)cn1. The number of ketones is 1. The highest BCUT2D eigenvalue weighted by atomic mass is 19.1. The number of hydrogen-bond donors (Lipinski definition) is 1. The molecule has 0 aromatic carbocycles. The number of nitrogens with one attached hydrogen (secondary N) is 1. The first-order valence-electron chi connectivity index (χ1n) is 7.42. The minimum absolute atomic E-state index is 0.0754. The molecular weight excluding hydrogens is 332 g/mol. The number of carbonyl (C=O) groups is 2. The monoisotopic (exact) mass is 349 g/mol. The Morgan fingerprint density at radius 3 is 2.12 bits per heavy atom. The Kier molecular flexibility index (Phi) is 5.41. The van der Waals surface area contributed by atoms with Crippen molar-refractivity contribution >= 4 is 11.9 Å². The van der Waals surface area contributed by atoms with Crippen molar-refractivity contribution in [1.29, 1.82) is 0 Å². The molecule has 2 aromatic rings. The maximum absolute atomic E-state index is 13.1. The second kappa shape index (κ2) is 7.33. The van der Waals surface area contributed by atoms with E-state index in [1.54, 1.807) is 20.8 Å². The normalized spacial score (nSPS) is 12.4. The van der Waals surface area contributed by atoms with Crippen LogP contribution in [0.15, 0.2) is 36.7 Å². The molecule has 0 spiro atoms. The van der Waals surface area contributed by atoms with Crippen LogP contribution >= 0.6 is 0 Å². The maximum atomic E-state index is 13.1. The fraction of sp³-hybridized carbons (Fsp3) is 0.294. The van der Waals surface area contributed by atoms with Crippen LogP contribution in [0.5, 0.6) is 0 Å². The molecule has 2 rings (SSSR count). The first kappa shape index (κ1) is 18.4. The van der Waals surface area contributed by atoms with Gasteiger partial charge in [0.1, 0.15) is 29.0 Å². The second-order valence-corrected chi connectivity index (χ2v) is 6.21. The lowest BCUT2D eigenvalue weighted by atomic mass is 10.1. The minimum Gasteiger partial charge on any atom is -0.444 e. The lowest BCUT2D eigenvalue weighted by Gasteiger charge is -2.22. The van der Waals surface area contributed by atoms with Crippen LogP contribution in [0.25, 0.3) is 0 Å². The molecule has 0 aliphatic carbocycles. The standard InChI is InChI=1S/C17H17F2N3O3/c1-17(2,3)25-16(24)22-14(12-6-4-10(18)8-20-12)15(23)13-7-5-11(19)9-21-13/h4-9,14H,1-3H3,(H,22,24). The maximum Gasteiger partial charge on any atom is 0.408 e. The van der Waals surface area contributed by atoms with E-state index in [-0.39, 0.29) is 11.4 Å². The summed E-state index contributed by atoms with van der Waals surface area (Å²) in [5.41, 5.74) is -0.751. The number of nitrogens with zero attached hydrogens (tertiary/aromatic N) is 2. The van der Waals surface area contributed by atoms with Gasteiger partial charge in [-0.25, -0.2) is 18.6 Å². The first-order chi connectivity index (χ1) is 11.7. The molecule has 25 heavy (non-hydrogen) atoms. The Balaban J connectivity index is 2.31. The molecule has 0 saturated carbocycles. The zero-order chi connectivity index (χ0) is 18.6. The van der Waals surface area contributed by atoms with Crippen LogP contribution in [0.4, 0.5) is 13.6 Å². The van der Waals surface area contributed by atoms with Crippen LogP contribution in [0.2, 0.25) is 0 Å². The van der Waals surface area contributed by atoms with Crippen LogP contribution < -0.4 is 5.32 Å². The summed E-state index contributed by atoms with van der Waals surface area (Å²) < 4.78 is 31.2. The van der Waals surface area contributed by atoms with Crippen molar-refractivity contribution in [3.63, 3.8) is 0 Å². The molecule has 1 N–H and O–H groups in total. The third-order valence-corrected chi connectivity index (χ3v) is 2.95. The summed E-state index contributed by atoms with van der Waals surface area (Å²) in [7, 11) is 0. The predicted molar refractivity (Wildman–Crippen MR) is 84.8 cm³/mol. The molecule has 1 unspecified atom stereocenters. The highest BCUT2D eigenvalue weighted by Gasteiger charge is 2.28. The van der Waals surface area contributed by atoms with Gasteiger partial charge in [-0.1, -0.05) is 0 Å². The number of alkyl carbamates (subject to hydrolysis) is 1. The van der Waals surface area contributed by atoms with Crippen molar-refractivity contribution in [1.82, 2.24) is 15.3 Å². The lowest BCUT2D eigenvalue weighted by molar-refractivity contribution is 0.0489. The number of hydrogen-bond acceptors (Lipinski definition) is 5. The van der Waals surface area contributed by atoms with E-state index in [9.17, 15) is 18.4 Å². The minimum atomic E-state index is -1.26. The van der Waals surface area contributed by atoms with Crippen LogP contribution in [0, 0.1) is 11.6 Å². The zero-order valence-electron chi connectivity index (χ0n) is 13.9. The number of pyridine rings is 2. The van der Waals surface area contributed by atoms with Crippen molar-refractivity contribution < 1.29 is 23.1 Å². The number of aromatic nitrogens is 2. The van der Waals surface area contributed by atoms with Gasteiger partial charge in [0.25, 0.3) is 0 Å². The van der Waals surface area contributed by atoms with Gasteiger partial charge in [0.2, 0.25) is 5.78 Å². The Morgan fingerprint density at radius 2 is 1.64 bits per heavy atom. The van der Waals surface area contributed by atoms with E-state index in [1.165, 1.54) is 12.1 Å². The summed E-state index contributed by atoms with van der Waals surface area (Å²) in [6, 6.07) is 3.37. The van der Waals surface area contributed by atoms with E-state index in [2.05, 4.69) is 15.3 Å². The molecule has 132 valence electrons. The molecule has 0 aliphatic heterocycles. The van der Waals surface area contributed by atoms with Gasteiger partial charge in [-0.15, -0.1) is 0 Å².